The Morgan fingerprint density at radius 1 is 1.07 bits per heavy atom. The quantitative estimate of drug-likeness (QED) is 0.488. The van der Waals surface area contributed by atoms with Crippen LogP contribution >= 0.6 is 0 Å². The van der Waals surface area contributed by atoms with Gasteiger partial charge in [-0.1, -0.05) is 24.8 Å². The van der Waals surface area contributed by atoms with Gasteiger partial charge in [-0.25, -0.2) is 4.79 Å². The van der Waals surface area contributed by atoms with E-state index >= 15 is 0 Å². The molecule has 0 amide bonds. The molecule has 0 aromatic carbocycles. The third-order valence-corrected chi connectivity index (χ3v) is 2.50. The molecule has 2 heteroatoms. The van der Waals surface area contributed by atoms with Crippen LogP contribution in [0.2, 0.25) is 0 Å². The van der Waals surface area contributed by atoms with Gasteiger partial charge in [-0.2, -0.15) is 0 Å². The van der Waals surface area contributed by atoms with Crippen LogP contribution in [0.3, 0.4) is 0 Å². The van der Waals surface area contributed by atoms with Crippen molar-refractivity contribution >= 4 is 5.97 Å². The third-order valence-electron chi connectivity index (χ3n) is 2.50. The van der Waals surface area contributed by atoms with Crippen LogP contribution in [-0.2, 0) is 4.79 Å². The van der Waals surface area contributed by atoms with Crippen molar-refractivity contribution in [2.24, 2.45) is 5.41 Å². The lowest BCUT2D eigenvalue weighted by Gasteiger charge is -2.31. The van der Waals surface area contributed by atoms with Gasteiger partial charge in [0.25, 0.3) is 0 Å². The highest BCUT2D eigenvalue weighted by Crippen LogP contribution is 2.39. The Morgan fingerprint density at radius 3 is 1.60 bits per heavy atom. The SMILES string of the molecule is C=CCC(CC=C)(CC=C)C(=C)C(=O)O. The standard InChI is InChI=1S/C13H18O2/c1-5-8-13(9-6-2,10-7-3)11(4)12(14)15/h5-7H,1-4,8-10H2,(H,14,15). The summed E-state index contributed by atoms with van der Waals surface area (Å²) in [5.74, 6) is -0.972. The average Bonchev–Trinajstić information content (AvgIpc) is 2.17. The highest BCUT2D eigenvalue weighted by molar-refractivity contribution is 5.87. The first-order valence-corrected chi connectivity index (χ1v) is 4.79. The Kier molecular flexibility index (Phi) is 5.39. The predicted molar refractivity (Wildman–Crippen MR) is 63.7 cm³/mol. The first-order valence-electron chi connectivity index (χ1n) is 4.79. The summed E-state index contributed by atoms with van der Waals surface area (Å²) in [4.78, 5) is 11.0. The molecule has 0 unspecified atom stereocenters. The number of carboxylic acid groups (broad SMARTS) is 1. The largest absolute Gasteiger partial charge is 0.478 e. The molecular weight excluding hydrogens is 188 g/mol. The number of rotatable bonds is 8. The summed E-state index contributed by atoms with van der Waals surface area (Å²) in [6.45, 7) is 14.6. The summed E-state index contributed by atoms with van der Waals surface area (Å²) in [5.41, 5.74) is -0.320. The maximum Gasteiger partial charge on any atom is 0.331 e. The van der Waals surface area contributed by atoms with Crippen molar-refractivity contribution in [3.05, 3.63) is 50.1 Å². The van der Waals surface area contributed by atoms with Gasteiger partial charge in [-0.15, -0.1) is 19.7 Å². The summed E-state index contributed by atoms with van der Waals surface area (Å²) < 4.78 is 0. The Hall–Kier alpha value is -1.57. The molecule has 0 radical (unpaired) electrons. The zero-order valence-corrected chi connectivity index (χ0v) is 9.04. The maximum atomic E-state index is 11.0. The number of carbonyl (C=O) groups is 1. The first-order chi connectivity index (χ1) is 7.04. The fourth-order valence-corrected chi connectivity index (χ4v) is 1.68. The van der Waals surface area contributed by atoms with Gasteiger partial charge in [0.1, 0.15) is 0 Å². The van der Waals surface area contributed by atoms with Crippen molar-refractivity contribution in [3.63, 3.8) is 0 Å². The van der Waals surface area contributed by atoms with Crippen molar-refractivity contribution < 1.29 is 9.90 Å². The first kappa shape index (κ1) is 13.4. The van der Waals surface area contributed by atoms with Crippen LogP contribution in [0.15, 0.2) is 50.1 Å². The molecule has 15 heavy (non-hydrogen) atoms. The second-order valence-corrected chi connectivity index (χ2v) is 3.54. The Balaban J connectivity index is 5.15. The summed E-state index contributed by atoms with van der Waals surface area (Å²) >= 11 is 0. The number of hydrogen-bond acceptors (Lipinski definition) is 1. The summed E-state index contributed by atoms with van der Waals surface area (Å²) in [6.07, 6.45) is 6.83. The summed E-state index contributed by atoms with van der Waals surface area (Å²) in [6, 6.07) is 0. The summed E-state index contributed by atoms with van der Waals surface area (Å²) in [7, 11) is 0. The Morgan fingerprint density at radius 2 is 1.40 bits per heavy atom. The van der Waals surface area contributed by atoms with E-state index in [1.54, 1.807) is 18.2 Å². The molecule has 0 heterocycles. The number of allylic oxidation sites excluding steroid dienone is 3. The zero-order chi connectivity index (χ0) is 11.9. The van der Waals surface area contributed by atoms with Crippen molar-refractivity contribution in [1.29, 1.82) is 0 Å². The molecule has 0 aliphatic rings. The van der Waals surface area contributed by atoms with Crippen LogP contribution in [0.4, 0.5) is 0 Å². The van der Waals surface area contributed by atoms with E-state index in [1.807, 2.05) is 0 Å². The van der Waals surface area contributed by atoms with Gasteiger partial charge in [0.15, 0.2) is 0 Å². The zero-order valence-electron chi connectivity index (χ0n) is 9.04. The van der Waals surface area contributed by atoms with Gasteiger partial charge in [0, 0.05) is 11.0 Å². The normalized spacial score (nSPS) is 10.4. The molecule has 1 N–H and O–H groups in total. The lowest BCUT2D eigenvalue weighted by atomic mass is 9.72. The molecule has 0 saturated heterocycles. The molecule has 0 aromatic rings. The van der Waals surface area contributed by atoms with Gasteiger partial charge >= 0.3 is 5.97 Å². The topological polar surface area (TPSA) is 37.3 Å². The molecule has 0 bridgehead atoms. The van der Waals surface area contributed by atoms with E-state index in [9.17, 15) is 4.79 Å². The lowest BCUT2D eigenvalue weighted by molar-refractivity contribution is -0.134. The fraction of sp³-hybridized carbons (Fsp3) is 0.308. The van der Waals surface area contributed by atoms with Crippen molar-refractivity contribution in [3.8, 4) is 0 Å². The van der Waals surface area contributed by atoms with Gasteiger partial charge < -0.3 is 5.11 Å². The smallest absolute Gasteiger partial charge is 0.331 e. The van der Waals surface area contributed by atoms with Gasteiger partial charge in [-0.3, -0.25) is 0 Å². The molecule has 0 aliphatic heterocycles. The van der Waals surface area contributed by atoms with E-state index < -0.39 is 11.4 Å². The van der Waals surface area contributed by atoms with E-state index in [-0.39, 0.29) is 5.57 Å². The van der Waals surface area contributed by atoms with Gasteiger partial charge in [0.05, 0.1) is 0 Å². The highest BCUT2D eigenvalue weighted by atomic mass is 16.4. The predicted octanol–water partition coefficient (Wildman–Crippen LogP) is 3.34. The number of hydrogen-bond donors (Lipinski definition) is 1. The minimum atomic E-state index is -0.972. The average molecular weight is 206 g/mol. The molecule has 0 aromatic heterocycles. The second-order valence-electron chi connectivity index (χ2n) is 3.54. The lowest BCUT2D eigenvalue weighted by Crippen LogP contribution is -2.26. The third kappa shape index (κ3) is 3.24. The minimum Gasteiger partial charge on any atom is -0.478 e. The monoisotopic (exact) mass is 206 g/mol. The molecule has 0 atom stereocenters. The minimum absolute atomic E-state index is 0.196. The molecular formula is C13H18O2. The van der Waals surface area contributed by atoms with E-state index in [0.29, 0.717) is 19.3 Å². The van der Waals surface area contributed by atoms with Crippen LogP contribution in [0, 0.1) is 5.41 Å². The number of aliphatic carboxylic acids is 1. The Bertz CT molecular complexity index is 260. The van der Waals surface area contributed by atoms with Crippen LogP contribution in [0.1, 0.15) is 19.3 Å². The second kappa shape index (κ2) is 6.02. The van der Waals surface area contributed by atoms with E-state index in [2.05, 4.69) is 26.3 Å². The van der Waals surface area contributed by atoms with Gasteiger partial charge in [0.2, 0.25) is 0 Å². The fourth-order valence-electron chi connectivity index (χ4n) is 1.68. The molecule has 0 spiro atoms. The number of carboxylic acids is 1. The van der Waals surface area contributed by atoms with Crippen LogP contribution in [0.25, 0.3) is 0 Å². The van der Waals surface area contributed by atoms with Crippen molar-refractivity contribution in [2.75, 3.05) is 0 Å². The van der Waals surface area contributed by atoms with Gasteiger partial charge in [-0.05, 0) is 19.3 Å². The van der Waals surface area contributed by atoms with Crippen LogP contribution in [0.5, 0.6) is 0 Å². The molecule has 0 rings (SSSR count). The van der Waals surface area contributed by atoms with Crippen molar-refractivity contribution in [2.45, 2.75) is 19.3 Å². The van der Waals surface area contributed by atoms with E-state index in [1.165, 1.54) is 0 Å². The molecule has 82 valence electrons. The highest BCUT2D eigenvalue weighted by Gasteiger charge is 2.33. The van der Waals surface area contributed by atoms with E-state index in [4.69, 9.17) is 5.11 Å². The molecule has 2 nitrogen and oxygen atoms in total. The molecule has 0 fully saturated rings. The van der Waals surface area contributed by atoms with Crippen LogP contribution in [-0.4, -0.2) is 11.1 Å². The van der Waals surface area contributed by atoms with E-state index in [0.717, 1.165) is 0 Å². The van der Waals surface area contributed by atoms with Crippen molar-refractivity contribution in [1.82, 2.24) is 0 Å². The maximum absolute atomic E-state index is 11.0. The molecule has 0 aliphatic carbocycles. The summed E-state index contributed by atoms with van der Waals surface area (Å²) in [5, 5.41) is 9.00. The Labute approximate surface area is 91.3 Å². The van der Waals surface area contributed by atoms with Crippen LogP contribution < -0.4 is 0 Å². The molecule has 0 saturated carbocycles.